The van der Waals surface area contributed by atoms with Crippen LogP contribution in [0, 0.1) is 0 Å². The molecule has 13 rings (SSSR count). The lowest BCUT2D eigenvalue weighted by atomic mass is 9.86. The number of carboxylic acid groups (broad SMARTS) is 3. The number of nitrogens with zero attached hydrogens (tertiary/aromatic N) is 12. The van der Waals surface area contributed by atoms with E-state index in [-0.39, 0.29) is 74.4 Å². The molecule has 33 heteroatoms. The number of aryl methyl sites for hydroxylation is 3. The van der Waals surface area contributed by atoms with Gasteiger partial charge in [-0.05, 0) is 123 Å². The first-order valence-electron chi connectivity index (χ1n) is 50.6. The maximum absolute atomic E-state index is 13.2. The Hall–Kier alpha value is -15.6. The van der Waals surface area contributed by atoms with Gasteiger partial charge in [-0.15, -0.1) is 0 Å². The molecule has 0 saturated carbocycles. The number of aliphatic carboxylic acids is 3. The predicted molar refractivity (Wildman–Crippen MR) is 561 cm³/mol. The van der Waals surface area contributed by atoms with E-state index in [1.54, 1.807) is 73.6 Å². The molecule has 0 aliphatic rings. The number of carbonyl (C=O) groups excluding carboxylic acids is 6. The second-order valence-corrected chi connectivity index (χ2v) is 39.6. The van der Waals surface area contributed by atoms with Crippen LogP contribution in [0.5, 0.6) is 0 Å². The molecule has 6 aromatic heterocycles. The molecular weight excluding hydrogens is 1860 g/mol. The number of benzene rings is 7. The Morgan fingerprint density at radius 2 is 0.524 bits per heavy atom. The van der Waals surface area contributed by atoms with E-state index in [9.17, 15) is 43.2 Å². The molecule has 6 heterocycles. The smallest absolute Gasteiger partial charge is 0.305 e. The minimum atomic E-state index is -1.02. The molecule has 0 radical (unpaired) electrons. The third kappa shape index (κ3) is 36.0. The van der Waals surface area contributed by atoms with Gasteiger partial charge in [0.1, 0.15) is 18.1 Å². The van der Waals surface area contributed by atoms with Crippen molar-refractivity contribution >= 4 is 53.4 Å². The molecular formula is C114H136N18O15. The summed E-state index contributed by atoms with van der Waals surface area (Å²) in [4.78, 5) is 152. The van der Waals surface area contributed by atoms with Gasteiger partial charge in [0.2, 0.25) is 17.7 Å². The Morgan fingerprint density at radius 3 is 0.789 bits per heavy atom. The molecule has 33 nitrogen and oxygen atoms in total. The summed E-state index contributed by atoms with van der Waals surface area (Å²) in [5.74, 6) is -0.711. The van der Waals surface area contributed by atoms with Gasteiger partial charge in [-0.1, -0.05) is 297 Å². The molecule has 0 bridgehead atoms. The fourth-order valence-corrected chi connectivity index (χ4v) is 15.7. The monoisotopic (exact) mass is 2000 g/mol. The molecule has 6 amide bonds. The van der Waals surface area contributed by atoms with E-state index in [0.29, 0.717) is 74.6 Å². The van der Waals surface area contributed by atoms with Crippen molar-refractivity contribution in [1.82, 2.24) is 92.2 Å². The fourth-order valence-electron chi connectivity index (χ4n) is 15.7. The first kappa shape index (κ1) is 112. The van der Waals surface area contributed by atoms with Gasteiger partial charge in [-0.3, -0.25) is 43.2 Å². The summed E-state index contributed by atoms with van der Waals surface area (Å²) in [6, 6.07) is 49.2. The summed E-state index contributed by atoms with van der Waals surface area (Å²) in [5, 5.41) is 55.6. The molecule has 3 atom stereocenters. The van der Waals surface area contributed by atoms with Crippen molar-refractivity contribution in [1.29, 1.82) is 0 Å². The Kier molecular flexibility index (Phi) is 42.2. The van der Waals surface area contributed by atoms with Gasteiger partial charge in [0.25, 0.3) is 35.4 Å². The number of unbranched alkanes of at least 4 members (excludes halogenated alkanes) is 12. The molecule has 0 spiro atoms. The van der Waals surface area contributed by atoms with Crippen molar-refractivity contribution in [2.45, 2.75) is 272 Å². The number of nitrogens with one attached hydrogen (secondary N) is 6. The van der Waals surface area contributed by atoms with Crippen LogP contribution in [0.1, 0.15) is 281 Å². The molecule has 9 N–H and O–H groups in total. The SMILES string of the molecule is CCCCCCCCc1noc(-c2cnc(-c3ccc(C[C@H](NC(=O)c4ccc(C(C)(C)C)cc4)C(=O)NCCC(=O)O)cc3)nc2)n1.CCCCCCCc1noc(-c2cnc(-c3ccc(C[C@H](NC(=O)c4ccc(C(C)(C)C)cc4)C(=O)NCCC(=O)O)cc3)nc2)n1.CCCCCCc1noc(-c2ccc(-c3cnc(-c4ccc(C[C@H](NC(=O)c5ccc(C(C)(C)C)cc5)C(=O)NCCC(=O)O)cc4)nc3)cc2)n1. The molecule has 13 aromatic rings. The van der Waals surface area contributed by atoms with Crippen LogP contribution in [-0.4, -0.2) is 167 Å². The number of hydrogen-bond donors (Lipinski definition) is 9. The van der Waals surface area contributed by atoms with Gasteiger partial charge in [-0.2, -0.15) is 15.0 Å². The highest BCUT2D eigenvalue weighted by molar-refractivity contribution is 6.00. The van der Waals surface area contributed by atoms with Crippen LogP contribution in [0.25, 0.3) is 79.7 Å². The summed E-state index contributed by atoms with van der Waals surface area (Å²) in [5.41, 5.74) is 13.0. The standard InChI is InChI=1S/C41H46N6O5.C37H46N6O5.C36H44N6O5/c1-5-6-7-8-9-35-46-40(52-47-35)31-16-14-28(15-17-31)32-25-43-37(44-26-32)29-12-10-27(11-13-29)24-34(39(51)42-23-22-36(48)49)45-38(50)30-18-20-33(21-19-30)41(2,3)4;1-5-6-7-8-9-10-11-31-42-36(48-43-31)28-23-39-33(40-24-28)26-14-12-25(13-15-26)22-30(35(47)38-21-20-32(44)45)41-34(46)27-16-18-29(19-17-27)37(2,3)4;1-5-6-7-8-9-10-30-41-35(47-42-30)27-22-38-32(39-23-27)25-13-11-24(12-14-25)21-29(34(46)37-20-19-31(43)44)40-33(45)26-15-17-28(18-16-26)36(2,3)4/h10-21,25-26,34H,5-9,22-24H2,1-4H3,(H,42,51)(H,45,50)(H,48,49);12-19,23-24,30H,5-11,20-22H2,1-4H3,(H,38,47)(H,41,46)(H,44,45);11-18,22-23,29H,5-10,19-21H2,1-4H3,(H,37,46)(H,40,45)(H,43,44)/t34-;30-;29-/m000/s1. The second-order valence-electron chi connectivity index (χ2n) is 39.6. The average molecular weight is 2000 g/mol. The van der Waals surface area contributed by atoms with E-state index in [1.807, 2.05) is 133 Å². The quantitative estimate of drug-likeness (QED) is 0.0160. The number of hydrogen-bond acceptors (Lipinski definition) is 24. The predicted octanol–water partition coefficient (Wildman–Crippen LogP) is 19.5. The van der Waals surface area contributed by atoms with Crippen molar-refractivity contribution in [2.24, 2.45) is 0 Å². The van der Waals surface area contributed by atoms with Crippen molar-refractivity contribution in [3.8, 4) is 79.7 Å². The lowest BCUT2D eigenvalue weighted by Crippen LogP contribution is -2.48. The summed E-state index contributed by atoms with van der Waals surface area (Å²) in [6.07, 6.45) is 30.1. The van der Waals surface area contributed by atoms with Crippen LogP contribution in [0.3, 0.4) is 0 Å². The Balaban J connectivity index is 0.000000210. The van der Waals surface area contributed by atoms with Crippen LogP contribution >= 0.6 is 0 Å². The van der Waals surface area contributed by atoms with Crippen molar-refractivity contribution < 1.29 is 72.0 Å². The van der Waals surface area contributed by atoms with Gasteiger partial charge >= 0.3 is 17.9 Å². The number of amides is 6. The van der Waals surface area contributed by atoms with E-state index >= 15 is 0 Å². The second kappa shape index (κ2) is 55.5. The third-order valence-electron chi connectivity index (χ3n) is 24.6. The first-order chi connectivity index (χ1) is 70.6. The Bertz CT molecular complexity index is 6400. The van der Waals surface area contributed by atoms with E-state index in [1.165, 1.54) is 57.8 Å². The fraction of sp³-hybridized carbons (Fsp3) is 0.395. The van der Waals surface area contributed by atoms with Gasteiger partial charge in [-0.25, -0.2) is 29.9 Å². The van der Waals surface area contributed by atoms with Crippen molar-refractivity contribution in [3.05, 3.63) is 275 Å². The molecule has 0 unspecified atom stereocenters. The Labute approximate surface area is 858 Å². The number of rotatable bonds is 49. The van der Waals surface area contributed by atoms with E-state index in [2.05, 4.69) is 175 Å². The van der Waals surface area contributed by atoms with Crippen LogP contribution in [0.15, 0.2) is 221 Å². The van der Waals surface area contributed by atoms with Crippen molar-refractivity contribution in [2.75, 3.05) is 19.6 Å². The third-order valence-corrected chi connectivity index (χ3v) is 24.6. The molecule has 7 aromatic carbocycles. The maximum atomic E-state index is 13.2. The van der Waals surface area contributed by atoms with Crippen LogP contribution < -0.4 is 31.9 Å². The molecule has 0 aliphatic heterocycles. The van der Waals surface area contributed by atoms with E-state index < -0.39 is 71.5 Å². The lowest BCUT2D eigenvalue weighted by Gasteiger charge is -2.20. The van der Waals surface area contributed by atoms with Gasteiger partial charge in [0.05, 0.1) is 30.4 Å². The molecule has 147 heavy (non-hydrogen) atoms. The maximum Gasteiger partial charge on any atom is 0.305 e. The highest BCUT2D eigenvalue weighted by Crippen LogP contribution is 2.31. The highest BCUT2D eigenvalue weighted by Gasteiger charge is 2.29. The zero-order valence-corrected chi connectivity index (χ0v) is 86.1. The first-order valence-corrected chi connectivity index (χ1v) is 50.6. The summed E-state index contributed by atoms with van der Waals surface area (Å²) < 4.78 is 16.4. The van der Waals surface area contributed by atoms with Gasteiger partial charge < -0.3 is 60.8 Å². The van der Waals surface area contributed by atoms with Crippen LogP contribution in [0.4, 0.5) is 0 Å². The minimum absolute atomic E-state index is 0.0445. The molecule has 0 fully saturated rings. The average Bonchev–Trinajstić information content (AvgIpc) is 1.81. The minimum Gasteiger partial charge on any atom is -0.481 e. The topological polar surface area (TPSA) is 481 Å². The van der Waals surface area contributed by atoms with Crippen molar-refractivity contribution in [3.63, 3.8) is 0 Å². The largest absolute Gasteiger partial charge is 0.481 e. The molecule has 0 aliphatic carbocycles. The normalized spacial score (nSPS) is 12.0. The van der Waals surface area contributed by atoms with Gasteiger partial charge in [0, 0.05) is 140 Å². The summed E-state index contributed by atoms with van der Waals surface area (Å²) in [6.45, 7) is 25.3. The molecule has 0 saturated heterocycles. The number of carboxylic acids is 3. The zero-order valence-electron chi connectivity index (χ0n) is 86.1. The number of aromatic nitrogens is 12. The Morgan fingerprint density at radius 1 is 0.286 bits per heavy atom. The van der Waals surface area contributed by atoms with Gasteiger partial charge in [0.15, 0.2) is 34.9 Å². The van der Waals surface area contributed by atoms with Crippen LogP contribution in [-0.2, 0) is 83.5 Å². The summed E-state index contributed by atoms with van der Waals surface area (Å²) >= 11 is 0. The van der Waals surface area contributed by atoms with E-state index in [0.717, 1.165) is 130 Å². The zero-order chi connectivity index (χ0) is 105. The van der Waals surface area contributed by atoms with Crippen LogP contribution in [0.2, 0.25) is 0 Å². The molecule has 772 valence electrons. The van der Waals surface area contributed by atoms with E-state index in [4.69, 9.17) is 28.9 Å². The summed E-state index contributed by atoms with van der Waals surface area (Å²) in [7, 11) is 0. The lowest BCUT2D eigenvalue weighted by molar-refractivity contribution is -0.138. The highest BCUT2D eigenvalue weighted by atomic mass is 16.5. The number of carbonyl (C=O) groups is 9.